The molecule has 0 bridgehead atoms. The van der Waals surface area contributed by atoms with Gasteiger partial charge in [-0.1, -0.05) is 0 Å². The molecular weight excluding hydrogens is 450 g/mol. The van der Waals surface area contributed by atoms with Gasteiger partial charge in [0.25, 0.3) is 5.56 Å². The van der Waals surface area contributed by atoms with Crippen LogP contribution in [0.25, 0.3) is 0 Å². The number of aliphatic carboxylic acids is 1. The van der Waals surface area contributed by atoms with E-state index in [-0.39, 0.29) is 0 Å². The summed E-state index contributed by atoms with van der Waals surface area (Å²) < 4.78 is 19.8. The van der Waals surface area contributed by atoms with Crippen molar-refractivity contribution in [2.24, 2.45) is 0 Å². The van der Waals surface area contributed by atoms with Gasteiger partial charge in [0, 0.05) is 19.4 Å². The second-order valence-electron chi connectivity index (χ2n) is 4.79. The van der Waals surface area contributed by atoms with Gasteiger partial charge < -0.3 is 44.2 Å². The Balaban J connectivity index is 0.000000681. The molecule has 162 valence electrons. The molecule has 1 fully saturated rings. The van der Waals surface area contributed by atoms with Crippen LogP contribution in [-0.2, 0) is 30.6 Å². The van der Waals surface area contributed by atoms with Crippen LogP contribution in [0.3, 0.4) is 0 Å². The molecule has 8 N–H and O–H groups in total. The normalized spacial score (nSPS) is 24.0. The van der Waals surface area contributed by atoms with E-state index in [2.05, 4.69) is 11.8 Å². The van der Waals surface area contributed by atoms with Crippen molar-refractivity contribution in [1.82, 2.24) is 9.55 Å². The summed E-state index contributed by atoms with van der Waals surface area (Å²) >= 11 is 3.60. The van der Waals surface area contributed by atoms with Gasteiger partial charge in [0.2, 0.25) is 0 Å². The molecule has 0 aliphatic carbocycles. The molecule has 0 unspecified atom stereocenters. The molecule has 1 saturated heterocycles. The Morgan fingerprint density at radius 3 is 2.18 bits per heavy atom. The molecule has 0 aromatic carbocycles. The topological polar surface area (TPSA) is 249 Å². The number of aliphatic hydroxyl groups is 1. The largest absolute Gasteiger partial charge is 0.479 e. The molecule has 28 heavy (non-hydrogen) atoms. The van der Waals surface area contributed by atoms with E-state index < -0.39 is 56.7 Å². The van der Waals surface area contributed by atoms with Crippen LogP contribution >= 0.6 is 15.0 Å². The Labute approximate surface area is 161 Å². The van der Waals surface area contributed by atoms with Crippen LogP contribution in [-0.4, -0.2) is 75.6 Å². The Hall–Kier alpha value is -1.29. The van der Waals surface area contributed by atoms with Crippen LogP contribution in [0, 0.1) is 0 Å². The fourth-order valence-electron chi connectivity index (χ4n) is 1.96. The van der Waals surface area contributed by atoms with Gasteiger partial charge >= 0.3 is 26.6 Å². The number of hydrogen-bond acceptors (Lipinski definition) is 8. The minimum Gasteiger partial charge on any atom is -0.479 e. The smallest absolute Gasteiger partial charge is 0.335 e. The maximum atomic E-state index is 11.6. The maximum Gasteiger partial charge on any atom is 0.335 e. The van der Waals surface area contributed by atoms with E-state index in [0.29, 0.717) is 0 Å². The van der Waals surface area contributed by atoms with Crippen molar-refractivity contribution in [3.05, 3.63) is 33.1 Å². The van der Waals surface area contributed by atoms with Gasteiger partial charge in [-0.25, -0.2) is 9.59 Å². The van der Waals surface area contributed by atoms with Crippen LogP contribution in [0.5, 0.6) is 0 Å². The van der Waals surface area contributed by atoms with E-state index in [1.807, 2.05) is 4.98 Å². The van der Waals surface area contributed by atoms with E-state index in [1.54, 1.807) is 0 Å². The Kier molecular flexibility index (Phi) is 11.1. The second kappa shape index (κ2) is 11.6. The van der Waals surface area contributed by atoms with Gasteiger partial charge in [0.1, 0.15) is 12.2 Å². The van der Waals surface area contributed by atoms with Gasteiger partial charge in [0.05, 0.1) is 0 Å². The SMILES string of the molecule is CO[C@@H]1[C@H](O)[C@@H](C(=O)O)O[C@H]1n1ccc(=O)[nH]c1=O.O=[PH](O)O.OP(O)(O)=S. The van der Waals surface area contributed by atoms with Crippen LogP contribution < -0.4 is 11.2 Å². The number of rotatable bonds is 3. The molecule has 1 aromatic rings. The van der Waals surface area contributed by atoms with E-state index >= 15 is 0 Å². The van der Waals surface area contributed by atoms with Crippen LogP contribution in [0.15, 0.2) is 21.9 Å². The average molecular weight is 468 g/mol. The zero-order valence-corrected chi connectivity index (χ0v) is 16.6. The standard InChI is InChI=1S/C10H12N2O7.H3O3PS.H3O3P/c1-18-6-5(14)7(9(15)16)19-8(6)12-3-2-4(13)11-10(12)17;1-4(2,3)5;1-4(2)3/h2-3,5-8,14H,1H3,(H,15,16)(H,11,13,17);(H3,1,2,3,5);4H,(H2,1,2,3)/t5-,6+,7-,8+;;/m0../s1. The summed E-state index contributed by atoms with van der Waals surface area (Å²) in [6.07, 6.45) is -3.95. The fourth-order valence-corrected chi connectivity index (χ4v) is 1.96. The average Bonchev–Trinajstić information content (AvgIpc) is 2.81. The summed E-state index contributed by atoms with van der Waals surface area (Å²) in [5, 5.41) is 18.7. The first-order chi connectivity index (χ1) is 12.7. The predicted octanol–water partition coefficient (Wildman–Crippen LogP) is -3.56. The molecule has 0 saturated carbocycles. The van der Waals surface area contributed by atoms with Crippen molar-refractivity contribution >= 4 is 32.7 Å². The lowest BCUT2D eigenvalue weighted by Crippen LogP contribution is -2.39. The quantitative estimate of drug-likeness (QED) is 0.200. The number of aromatic amines is 1. The number of aliphatic hydroxyl groups excluding tert-OH is 1. The first-order valence-electron chi connectivity index (χ1n) is 6.79. The third-order valence-electron chi connectivity index (χ3n) is 2.85. The van der Waals surface area contributed by atoms with Crippen molar-refractivity contribution in [1.29, 1.82) is 0 Å². The molecule has 2 heterocycles. The Bertz CT molecular complexity index is 823. The van der Waals surface area contributed by atoms with Crippen molar-refractivity contribution < 1.29 is 53.5 Å². The van der Waals surface area contributed by atoms with Crippen LogP contribution in [0.1, 0.15) is 6.23 Å². The third kappa shape index (κ3) is 9.77. The molecule has 4 atom stereocenters. The number of carboxylic acids is 1. The van der Waals surface area contributed by atoms with E-state index in [1.165, 1.54) is 7.11 Å². The van der Waals surface area contributed by atoms with Crippen LogP contribution in [0.2, 0.25) is 0 Å². The highest BCUT2D eigenvalue weighted by Gasteiger charge is 2.48. The molecule has 0 radical (unpaired) electrons. The number of nitrogens with zero attached hydrogens (tertiary/aromatic N) is 1. The number of methoxy groups -OCH3 is 1. The summed E-state index contributed by atoms with van der Waals surface area (Å²) in [5.74, 6) is -1.37. The summed E-state index contributed by atoms with van der Waals surface area (Å²) in [6, 6.07) is 1.08. The Morgan fingerprint density at radius 2 is 1.82 bits per heavy atom. The number of ether oxygens (including phenoxy) is 2. The molecule has 18 heteroatoms. The first-order valence-corrected chi connectivity index (χ1v) is 10.8. The van der Waals surface area contributed by atoms with Crippen molar-refractivity contribution in [2.45, 2.75) is 24.5 Å². The summed E-state index contributed by atoms with van der Waals surface area (Å²) in [5.41, 5.74) is -1.37. The molecule has 15 nitrogen and oxygen atoms in total. The number of hydrogen-bond donors (Lipinski definition) is 8. The number of nitrogens with one attached hydrogen (secondary N) is 1. The lowest BCUT2D eigenvalue weighted by Gasteiger charge is -2.19. The van der Waals surface area contributed by atoms with Gasteiger partial charge in [-0.3, -0.25) is 18.9 Å². The maximum absolute atomic E-state index is 11.6. The highest BCUT2D eigenvalue weighted by atomic mass is 32.5. The molecule has 0 spiro atoms. The summed E-state index contributed by atoms with van der Waals surface area (Å²) in [6.45, 7) is -3.81. The second-order valence-corrected chi connectivity index (χ2v) is 7.85. The first kappa shape index (κ1) is 26.7. The zero-order chi connectivity index (χ0) is 22.2. The minimum absolute atomic E-state index is 0.594. The highest BCUT2D eigenvalue weighted by Crippen LogP contribution is 2.30. The minimum atomic E-state index is -3.81. The van der Waals surface area contributed by atoms with E-state index in [0.717, 1.165) is 16.8 Å². The molecule has 1 aromatic heterocycles. The summed E-state index contributed by atoms with van der Waals surface area (Å²) in [4.78, 5) is 72.5. The predicted molar refractivity (Wildman–Crippen MR) is 94.1 cm³/mol. The molecule has 0 amide bonds. The van der Waals surface area contributed by atoms with E-state index in [4.69, 9.17) is 43.6 Å². The summed E-state index contributed by atoms with van der Waals surface area (Å²) in [7, 11) is -1.87. The lowest BCUT2D eigenvalue weighted by atomic mass is 10.1. The number of aromatic nitrogens is 2. The highest BCUT2D eigenvalue weighted by molar-refractivity contribution is 8.06. The third-order valence-corrected chi connectivity index (χ3v) is 2.85. The van der Waals surface area contributed by atoms with E-state index in [9.17, 15) is 19.5 Å². The number of H-pyrrole nitrogens is 1. The fraction of sp³-hybridized carbons (Fsp3) is 0.500. The number of carboxylic acid groups (broad SMARTS) is 1. The Morgan fingerprint density at radius 1 is 1.36 bits per heavy atom. The molecule has 1 aliphatic heterocycles. The van der Waals surface area contributed by atoms with Crippen molar-refractivity contribution in [3.8, 4) is 0 Å². The van der Waals surface area contributed by atoms with Crippen molar-refractivity contribution in [2.75, 3.05) is 7.11 Å². The van der Waals surface area contributed by atoms with Crippen LogP contribution in [0.4, 0.5) is 0 Å². The zero-order valence-electron chi connectivity index (χ0n) is 13.8. The van der Waals surface area contributed by atoms with Gasteiger partial charge in [-0.05, 0) is 11.8 Å². The molecule has 1 aliphatic rings. The lowest BCUT2D eigenvalue weighted by molar-refractivity contribution is -0.155. The molecular formula is C10H18N2O13P2S. The monoisotopic (exact) mass is 468 g/mol. The molecule has 2 rings (SSSR count). The van der Waals surface area contributed by atoms with Gasteiger partial charge in [0.15, 0.2) is 12.3 Å². The number of carbonyl (C=O) groups is 1. The van der Waals surface area contributed by atoms with Gasteiger partial charge in [-0.15, -0.1) is 0 Å². The van der Waals surface area contributed by atoms with Crippen molar-refractivity contribution in [3.63, 3.8) is 0 Å². The van der Waals surface area contributed by atoms with Gasteiger partial charge in [-0.2, -0.15) is 0 Å².